The van der Waals surface area contributed by atoms with Crippen molar-refractivity contribution in [1.82, 2.24) is 4.90 Å². The highest BCUT2D eigenvalue weighted by atomic mass is 16.3. The number of fused-ring (bicyclic) bond motifs is 2. The largest absolute Gasteiger partial charge is 0.468 e. The van der Waals surface area contributed by atoms with Crippen LogP contribution in [0.3, 0.4) is 0 Å². The van der Waals surface area contributed by atoms with Crippen LogP contribution in [0.2, 0.25) is 0 Å². The molecule has 0 spiro atoms. The van der Waals surface area contributed by atoms with Crippen LogP contribution in [0.15, 0.2) is 22.8 Å². The van der Waals surface area contributed by atoms with E-state index in [1.54, 1.807) is 6.26 Å². The minimum atomic E-state index is 0.438. The Kier molecular flexibility index (Phi) is 2.97. The van der Waals surface area contributed by atoms with E-state index in [2.05, 4.69) is 11.9 Å². The van der Waals surface area contributed by atoms with Gasteiger partial charge in [0.05, 0.1) is 12.8 Å². The minimum Gasteiger partial charge on any atom is -0.468 e. The fourth-order valence-electron chi connectivity index (χ4n) is 3.82. The summed E-state index contributed by atoms with van der Waals surface area (Å²) in [5.41, 5.74) is 6.34. The molecule has 94 valence electrons. The summed E-state index contributed by atoms with van der Waals surface area (Å²) in [7, 11) is 2.17. The number of rotatable bonds is 4. The van der Waals surface area contributed by atoms with E-state index in [1.807, 2.05) is 12.1 Å². The lowest BCUT2D eigenvalue weighted by Crippen LogP contribution is -2.41. The Morgan fingerprint density at radius 3 is 2.88 bits per heavy atom. The smallest absolute Gasteiger partial charge is 0.117 e. The minimum absolute atomic E-state index is 0.438. The third-order valence-corrected chi connectivity index (χ3v) is 4.69. The monoisotopic (exact) mass is 234 g/mol. The predicted molar refractivity (Wildman–Crippen MR) is 67.3 cm³/mol. The van der Waals surface area contributed by atoms with Gasteiger partial charge in [-0.25, -0.2) is 0 Å². The number of furan rings is 1. The van der Waals surface area contributed by atoms with Gasteiger partial charge in [-0.2, -0.15) is 0 Å². The molecule has 4 unspecified atom stereocenters. The van der Waals surface area contributed by atoms with Gasteiger partial charge in [0, 0.05) is 12.6 Å². The summed E-state index contributed by atoms with van der Waals surface area (Å²) in [6.07, 6.45) is 5.88. The van der Waals surface area contributed by atoms with Gasteiger partial charge in [-0.15, -0.1) is 0 Å². The van der Waals surface area contributed by atoms with Crippen LogP contribution in [-0.2, 0) is 6.54 Å². The van der Waals surface area contributed by atoms with E-state index in [0.717, 1.165) is 30.7 Å². The van der Waals surface area contributed by atoms with Crippen molar-refractivity contribution in [1.29, 1.82) is 0 Å². The topological polar surface area (TPSA) is 42.4 Å². The van der Waals surface area contributed by atoms with Crippen molar-refractivity contribution in [2.75, 3.05) is 13.6 Å². The zero-order chi connectivity index (χ0) is 11.8. The second kappa shape index (κ2) is 4.46. The first kappa shape index (κ1) is 11.3. The molecule has 1 aromatic rings. The Hall–Kier alpha value is -0.800. The van der Waals surface area contributed by atoms with E-state index < -0.39 is 0 Å². The summed E-state index contributed by atoms with van der Waals surface area (Å²) in [6, 6.07) is 4.43. The fourth-order valence-corrected chi connectivity index (χ4v) is 3.82. The molecule has 3 heteroatoms. The molecule has 1 heterocycles. The maximum absolute atomic E-state index is 6.34. The predicted octanol–water partition coefficient (Wildman–Crippen LogP) is 2.08. The summed E-state index contributed by atoms with van der Waals surface area (Å²) < 4.78 is 5.38. The van der Waals surface area contributed by atoms with Crippen LogP contribution in [-0.4, -0.2) is 24.5 Å². The molecule has 3 nitrogen and oxygen atoms in total. The second-order valence-electron chi connectivity index (χ2n) is 5.85. The van der Waals surface area contributed by atoms with Crippen LogP contribution in [0.5, 0.6) is 0 Å². The molecule has 0 aliphatic heterocycles. The van der Waals surface area contributed by atoms with Crippen molar-refractivity contribution in [2.24, 2.45) is 23.5 Å². The molecule has 2 aliphatic rings. The van der Waals surface area contributed by atoms with E-state index in [-0.39, 0.29) is 0 Å². The SMILES string of the molecule is CN(Cc1ccco1)CC1C2CCC(C2)C1N. The quantitative estimate of drug-likeness (QED) is 0.867. The molecule has 2 aliphatic carbocycles. The van der Waals surface area contributed by atoms with E-state index in [0.29, 0.717) is 12.0 Å². The van der Waals surface area contributed by atoms with E-state index >= 15 is 0 Å². The highest BCUT2D eigenvalue weighted by Crippen LogP contribution is 2.47. The third-order valence-electron chi connectivity index (χ3n) is 4.69. The third kappa shape index (κ3) is 2.14. The molecule has 3 rings (SSSR count). The Balaban J connectivity index is 1.56. The van der Waals surface area contributed by atoms with Crippen molar-refractivity contribution in [3.63, 3.8) is 0 Å². The maximum Gasteiger partial charge on any atom is 0.117 e. The van der Waals surface area contributed by atoms with Crippen LogP contribution in [0.1, 0.15) is 25.0 Å². The summed E-state index contributed by atoms with van der Waals surface area (Å²) >= 11 is 0. The fraction of sp³-hybridized carbons (Fsp3) is 0.714. The van der Waals surface area contributed by atoms with Crippen molar-refractivity contribution >= 4 is 0 Å². The van der Waals surface area contributed by atoms with E-state index in [4.69, 9.17) is 10.2 Å². The van der Waals surface area contributed by atoms with E-state index in [9.17, 15) is 0 Å². The zero-order valence-electron chi connectivity index (χ0n) is 10.5. The normalized spacial score (nSPS) is 35.9. The summed E-state index contributed by atoms with van der Waals surface area (Å²) in [5, 5.41) is 0. The van der Waals surface area contributed by atoms with Crippen LogP contribution >= 0.6 is 0 Å². The van der Waals surface area contributed by atoms with Crippen molar-refractivity contribution < 1.29 is 4.42 Å². The van der Waals surface area contributed by atoms with Gasteiger partial charge in [0.1, 0.15) is 5.76 Å². The van der Waals surface area contributed by atoms with Gasteiger partial charge in [-0.3, -0.25) is 4.90 Å². The molecule has 17 heavy (non-hydrogen) atoms. The van der Waals surface area contributed by atoms with Crippen molar-refractivity contribution in [3.05, 3.63) is 24.2 Å². The highest BCUT2D eigenvalue weighted by molar-refractivity contribution is 5.01. The molecular formula is C14H22N2O. The Morgan fingerprint density at radius 2 is 2.24 bits per heavy atom. The first-order chi connectivity index (χ1) is 8.24. The van der Waals surface area contributed by atoms with Gasteiger partial charge in [-0.1, -0.05) is 0 Å². The average molecular weight is 234 g/mol. The molecule has 0 radical (unpaired) electrons. The van der Waals surface area contributed by atoms with Crippen LogP contribution < -0.4 is 5.73 Å². The molecule has 2 bridgehead atoms. The van der Waals surface area contributed by atoms with E-state index in [1.165, 1.54) is 19.3 Å². The van der Waals surface area contributed by atoms with Gasteiger partial charge in [0.15, 0.2) is 0 Å². The maximum atomic E-state index is 6.34. The van der Waals surface area contributed by atoms with Gasteiger partial charge in [0.2, 0.25) is 0 Å². The lowest BCUT2D eigenvalue weighted by molar-refractivity contribution is 0.186. The first-order valence-electron chi connectivity index (χ1n) is 6.70. The van der Waals surface area contributed by atoms with Gasteiger partial charge in [-0.05, 0) is 56.2 Å². The molecular weight excluding hydrogens is 212 g/mol. The van der Waals surface area contributed by atoms with Gasteiger partial charge < -0.3 is 10.2 Å². The molecule has 2 N–H and O–H groups in total. The number of hydrogen-bond donors (Lipinski definition) is 1. The molecule has 1 aromatic heterocycles. The van der Waals surface area contributed by atoms with Gasteiger partial charge in [0.25, 0.3) is 0 Å². The van der Waals surface area contributed by atoms with Crippen LogP contribution in [0.4, 0.5) is 0 Å². The molecule has 4 atom stereocenters. The highest BCUT2D eigenvalue weighted by Gasteiger charge is 2.45. The standard InChI is InChI=1S/C14H22N2O/c1-16(8-12-3-2-6-17-12)9-13-10-4-5-11(7-10)14(13)15/h2-3,6,10-11,13-14H,4-5,7-9,15H2,1H3. The number of hydrogen-bond acceptors (Lipinski definition) is 3. The Bertz CT molecular complexity index is 360. The molecule has 2 fully saturated rings. The average Bonchev–Trinajstić information content (AvgIpc) is 2.98. The summed E-state index contributed by atoms with van der Waals surface area (Å²) in [6.45, 7) is 2.01. The molecule has 0 amide bonds. The number of nitrogens with zero attached hydrogens (tertiary/aromatic N) is 1. The lowest BCUT2D eigenvalue weighted by Gasteiger charge is -2.31. The zero-order valence-corrected chi connectivity index (χ0v) is 10.5. The molecule has 0 aromatic carbocycles. The first-order valence-corrected chi connectivity index (χ1v) is 6.70. The molecule has 0 saturated heterocycles. The van der Waals surface area contributed by atoms with Crippen LogP contribution in [0, 0.1) is 17.8 Å². The molecule has 2 saturated carbocycles. The Morgan fingerprint density at radius 1 is 1.41 bits per heavy atom. The number of nitrogens with two attached hydrogens (primary N) is 1. The lowest BCUT2D eigenvalue weighted by atomic mass is 9.84. The van der Waals surface area contributed by atoms with Gasteiger partial charge >= 0.3 is 0 Å². The summed E-state index contributed by atoms with van der Waals surface area (Å²) in [5.74, 6) is 3.44. The Labute approximate surface area is 103 Å². The van der Waals surface area contributed by atoms with Crippen molar-refractivity contribution in [3.8, 4) is 0 Å². The second-order valence-corrected chi connectivity index (χ2v) is 5.85. The van der Waals surface area contributed by atoms with Crippen LogP contribution in [0.25, 0.3) is 0 Å². The van der Waals surface area contributed by atoms with Crippen molar-refractivity contribution in [2.45, 2.75) is 31.8 Å². The summed E-state index contributed by atoms with van der Waals surface area (Å²) in [4.78, 5) is 2.35.